The Labute approximate surface area is 150 Å². The minimum Gasteiger partial charge on any atom is -0.519 e. The van der Waals surface area contributed by atoms with E-state index in [1.807, 2.05) is 7.05 Å². The number of rotatable bonds is 11. The minimum absolute atomic E-state index is 0.0446. The van der Waals surface area contributed by atoms with Crippen LogP contribution >= 0.6 is 0 Å². The molecule has 8 heteroatoms. The average molecular weight is 380 g/mol. The maximum atomic E-state index is 12.1. The monoisotopic (exact) mass is 379 g/mol. The lowest BCUT2D eigenvalue weighted by Crippen LogP contribution is -2.43. The molecule has 0 heterocycles. The SMILES string of the molecule is CO[Si](CCCN(C)CCC(=O)O[Si](C)(C)C(C)(C)C)(OC)OC. The van der Waals surface area contributed by atoms with Gasteiger partial charge in [0.05, 0.1) is 6.42 Å². The highest BCUT2D eigenvalue weighted by Crippen LogP contribution is 2.36. The molecular weight excluding hydrogens is 342 g/mol. The molecule has 0 saturated heterocycles. The molecule has 0 bridgehead atoms. The highest BCUT2D eigenvalue weighted by molar-refractivity contribution is 6.75. The Morgan fingerprint density at radius 1 is 1.00 bits per heavy atom. The summed E-state index contributed by atoms with van der Waals surface area (Å²) < 4.78 is 22.0. The van der Waals surface area contributed by atoms with Crippen LogP contribution in [0, 0.1) is 0 Å². The molecule has 0 spiro atoms. The maximum Gasteiger partial charge on any atom is 0.500 e. The number of hydrogen-bond acceptors (Lipinski definition) is 6. The summed E-state index contributed by atoms with van der Waals surface area (Å²) >= 11 is 0. The third-order valence-electron chi connectivity index (χ3n) is 4.83. The Morgan fingerprint density at radius 2 is 1.50 bits per heavy atom. The van der Waals surface area contributed by atoms with Gasteiger partial charge in [-0.05, 0) is 38.1 Å². The van der Waals surface area contributed by atoms with E-state index in [4.69, 9.17) is 17.7 Å². The summed E-state index contributed by atoms with van der Waals surface area (Å²) in [7, 11) is 2.37. The van der Waals surface area contributed by atoms with Gasteiger partial charge in [0.15, 0.2) is 0 Å². The van der Waals surface area contributed by atoms with Crippen molar-refractivity contribution in [2.24, 2.45) is 0 Å². The van der Waals surface area contributed by atoms with E-state index in [2.05, 4.69) is 38.8 Å². The van der Waals surface area contributed by atoms with Crippen LogP contribution in [-0.4, -0.2) is 69.5 Å². The van der Waals surface area contributed by atoms with E-state index in [0.717, 1.165) is 19.0 Å². The second-order valence-electron chi connectivity index (χ2n) is 7.69. The van der Waals surface area contributed by atoms with Crippen LogP contribution in [-0.2, 0) is 22.5 Å². The van der Waals surface area contributed by atoms with Gasteiger partial charge in [0.25, 0.3) is 14.3 Å². The fraction of sp³-hybridized carbons (Fsp3) is 0.938. The van der Waals surface area contributed by atoms with Crippen molar-refractivity contribution in [3.05, 3.63) is 0 Å². The Bertz CT molecular complexity index is 373. The van der Waals surface area contributed by atoms with Gasteiger partial charge < -0.3 is 22.6 Å². The number of carbonyl (C=O) groups excluding carboxylic acids is 1. The van der Waals surface area contributed by atoms with E-state index >= 15 is 0 Å². The van der Waals surface area contributed by atoms with Crippen LogP contribution in [0.4, 0.5) is 0 Å². The van der Waals surface area contributed by atoms with Crippen molar-refractivity contribution >= 4 is 23.1 Å². The number of nitrogens with zero attached hydrogens (tertiary/aromatic N) is 1. The molecule has 144 valence electrons. The normalized spacial score (nSPS) is 13.4. The fourth-order valence-electron chi connectivity index (χ4n) is 2.00. The van der Waals surface area contributed by atoms with Crippen LogP contribution in [0.15, 0.2) is 0 Å². The Morgan fingerprint density at radius 3 is 1.92 bits per heavy atom. The zero-order valence-corrected chi connectivity index (χ0v) is 19.0. The summed E-state index contributed by atoms with van der Waals surface area (Å²) in [4.78, 5) is 14.2. The summed E-state index contributed by atoms with van der Waals surface area (Å²) in [5, 5.41) is 0.0446. The second-order valence-corrected chi connectivity index (χ2v) is 15.5. The second kappa shape index (κ2) is 10.0. The topological polar surface area (TPSA) is 57.2 Å². The molecule has 0 amide bonds. The van der Waals surface area contributed by atoms with Crippen molar-refractivity contribution in [1.82, 2.24) is 4.90 Å². The van der Waals surface area contributed by atoms with Crippen LogP contribution in [0.25, 0.3) is 0 Å². The van der Waals surface area contributed by atoms with Crippen LogP contribution < -0.4 is 0 Å². The molecule has 0 fully saturated rings. The summed E-state index contributed by atoms with van der Waals surface area (Å²) in [6.45, 7) is 12.1. The van der Waals surface area contributed by atoms with Crippen molar-refractivity contribution in [3.8, 4) is 0 Å². The van der Waals surface area contributed by atoms with Gasteiger partial charge >= 0.3 is 8.80 Å². The zero-order chi connectivity index (χ0) is 19.0. The first-order valence-electron chi connectivity index (χ1n) is 8.49. The van der Waals surface area contributed by atoms with Crippen molar-refractivity contribution < 1.29 is 22.5 Å². The molecule has 0 aliphatic rings. The molecule has 24 heavy (non-hydrogen) atoms. The third kappa shape index (κ3) is 7.75. The van der Waals surface area contributed by atoms with E-state index < -0.39 is 17.1 Å². The predicted molar refractivity (Wildman–Crippen MR) is 102 cm³/mol. The van der Waals surface area contributed by atoms with Gasteiger partial charge in [0.1, 0.15) is 0 Å². The zero-order valence-electron chi connectivity index (χ0n) is 17.0. The Hall–Kier alpha value is -0.256. The first-order chi connectivity index (χ1) is 10.9. The molecule has 0 aromatic carbocycles. The predicted octanol–water partition coefficient (Wildman–Crippen LogP) is 3.12. The van der Waals surface area contributed by atoms with Gasteiger partial charge in [0, 0.05) is 33.9 Å². The van der Waals surface area contributed by atoms with Crippen LogP contribution in [0.3, 0.4) is 0 Å². The first-order valence-corrected chi connectivity index (χ1v) is 13.3. The maximum absolute atomic E-state index is 12.1. The van der Waals surface area contributed by atoms with Crippen molar-refractivity contribution in [1.29, 1.82) is 0 Å². The van der Waals surface area contributed by atoms with Gasteiger partial charge in [-0.15, -0.1) is 0 Å². The Kier molecular flexibility index (Phi) is 9.92. The number of carbonyl (C=O) groups is 1. The van der Waals surface area contributed by atoms with Gasteiger partial charge in [-0.1, -0.05) is 20.8 Å². The van der Waals surface area contributed by atoms with Crippen LogP contribution in [0.2, 0.25) is 24.2 Å². The average Bonchev–Trinajstić information content (AvgIpc) is 2.48. The molecule has 0 radical (unpaired) electrons. The molecule has 0 N–H and O–H groups in total. The lowest BCUT2D eigenvalue weighted by molar-refractivity contribution is -0.135. The quantitative estimate of drug-likeness (QED) is 0.514. The molecule has 0 saturated carbocycles. The highest BCUT2D eigenvalue weighted by Gasteiger charge is 2.40. The Balaban J connectivity index is 4.19. The van der Waals surface area contributed by atoms with Crippen molar-refractivity contribution in [3.63, 3.8) is 0 Å². The summed E-state index contributed by atoms with van der Waals surface area (Å²) in [6, 6.07) is 0.759. The van der Waals surface area contributed by atoms with E-state index in [0.29, 0.717) is 13.0 Å². The standard InChI is InChI=1S/C16H37NO5Si2/c1-16(2,3)23(8,9)22-15(18)11-13-17(4)12-10-14-24(19-5,20-6)21-7/h10-14H2,1-9H3. The largest absolute Gasteiger partial charge is 0.519 e. The smallest absolute Gasteiger partial charge is 0.500 e. The highest BCUT2D eigenvalue weighted by atomic mass is 28.4. The molecule has 0 aromatic heterocycles. The van der Waals surface area contributed by atoms with Gasteiger partial charge in [-0.2, -0.15) is 0 Å². The molecule has 0 aliphatic heterocycles. The molecule has 0 unspecified atom stereocenters. The summed E-state index contributed by atoms with van der Waals surface area (Å²) in [5.74, 6) is -0.0946. The van der Waals surface area contributed by atoms with Crippen LogP contribution in [0.1, 0.15) is 33.6 Å². The minimum atomic E-state index is -2.49. The number of hydrogen-bond donors (Lipinski definition) is 0. The van der Waals surface area contributed by atoms with E-state index in [9.17, 15) is 4.79 Å². The van der Waals surface area contributed by atoms with Crippen molar-refractivity contribution in [2.75, 3.05) is 41.5 Å². The molecular formula is C16H37NO5Si2. The third-order valence-corrected chi connectivity index (χ3v) is 12.0. The molecule has 0 aromatic rings. The first kappa shape index (κ1) is 23.7. The summed E-state index contributed by atoms with van der Waals surface area (Å²) in [6.07, 6.45) is 1.32. The lowest BCUT2D eigenvalue weighted by atomic mass is 10.2. The van der Waals surface area contributed by atoms with Gasteiger partial charge in [-0.25, -0.2) is 0 Å². The van der Waals surface area contributed by atoms with E-state index in [1.165, 1.54) is 0 Å². The lowest BCUT2D eigenvalue weighted by Gasteiger charge is -2.35. The van der Waals surface area contributed by atoms with Crippen LogP contribution in [0.5, 0.6) is 0 Å². The molecule has 0 rings (SSSR count). The van der Waals surface area contributed by atoms with Gasteiger partial charge in [0.2, 0.25) is 0 Å². The molecule has 0 aliphatic carbocycles. The molecule has 6 nitrogen and oxygen atoms in total. The van der Waals surface area contributed by atoms with E-state index in [1.54, 1.807) is 21.3 Å². The summed E-state index contributed by atoms with van der Waals surface area (Å²) in [5.41, 5.74) is 0. The fourth-order valence-corrected chi connectivity index (χ4v) is 4.69. The molecule has 0 atom stereocenters. The van der Waals surface area contributed by atoms with Crippen molar-refractivity contribution in [2.45, 2.75) is 57.8 Å². The van der Waals surface area contributed by atoms with Gasteiger partial charge in [-0.3, -0.25) is 4.79 Å². The van der Waals surface area contributed by atoms with E-state index in [-0.39, 0.29) is 11.0 Å².